The number of carbonyl (C=O) groups is 5. The second-order valence-corrected chi connectivity index (χ2v) is 19.5. The van der Waals surface area contributed by atoms with Crippen LogP contribution in [0.1, 0.15) is 111 Å². The lowest BCUT2D eigenvalue weighted by atomic mass is 9.89. The van der Waals surface area contributed by atoms with Crippen LogP contribution in [0.5, 0.6) is 0 Å². The molecule has 14 nitrogen and oxygen atoms in total. The third-order valence-corrected chi connectivity index (χ3v) is 13.7. The molecule has 0 unspecified atom stereocenters. The molecule has 5 amide bonds. The number of aromatic nitrogens is 1. The smallest absolute Gasteiger partial charge is 0.245 e. The molecule has 2 aromatic rings. The molecule has 1 fully saturated rings. The summed E-state index contributed by atoms with van der Waals surface area (Å²) in [6, 6.07) is 6.66. The Morgan fingerprint density at radius 3 is 2.08 bits per heavy atom. The van der Waals surface area contributed by atoms with Crippen LogP contribution in [0.4, 0.5) is 0 Å². The summed E-state index contributed by atoms with van der Waals surface area (Å²) in [5.74, 6) is -2.09. The first-order valence-electron chi connectivity index (χ1n) is 22.9. The van der Waals surface area contributed by atoms with E-state index in [0.29, 0.717) is 32.2 Å². The van der Waals surface area contributed by atoms with E-state index in [-0.39, 0.29) is 65.8 Å². The van der Waals surface area contributed by atoms with Gasteiger partial charge in [-0.2, -0.15) is 0 Å². The third kappa shape index (κ3) is 14.3. The number of nitrogens with zero attached hydrogens (tertiary/aromatic N) is 4. The van der Waals surface area contributed by atoms with Gasteiger partial charge in [-0.05, 0) is 62.0 Å². The number of rotatable bonds is 25. The average Bonchev–Trinajstić information content (AvgIpc) is 3.98. The quantitative estimate of drug-likeness (QED) is 0.113. The lowest BCUT2D eigenvalue weighted by Gasteiger charge is -2.41. The summed E-state index contributed by atoms with van der Waals surface area (Å²) >= 11 is 1.50. The highest BCUT2D eigenvalue weighted by molar-refractivity contribution is 7.09. The number of methoxy groups -OCH3 is 2. The van der Waals surface area contributed by atoms with Crippen molar-refractivity contribution in [1.29, 1.82) is 0 Å². The van der Waals surface area contributed by atoms with Gasteiger partial charge in [-0.3, -0.25) is 24.0 Å². The zero-order valence-corrected chi connectivity index (χ0v) is 41.4. The van der Waals surface area contributed by atoms with Gasteiger partial charge in [0.15, 0.2) is 0 Å². The highest BCUT2D eigenvalue weighted by Gasteiger charge is 2.44. The van der Waals surface area contributed by atoms with Gasteiger partial charge in [-0.25, -0.2) is 4.98 Å². The van der Waals surface area contributed by atoms with E-state index in [9.17, 15) is 24.0 Å². The number of carbonyl (C=O) groups excluding carboxylic acids is 5. The van der Waals surface area contributed by atoms with E-state index in [2.05, 4.69) is 20.9 Å². The fourth-order valence-corrected chi connectivity index (χ4v) is 9.85. The van der Waals surface area contributed by atoms with Gasteiger partial charge in [0.25, 0.3) is 0 Å². The van der Waals surface area contributed by atoms with Crippen LogP contribution in [0.2, 0.25) is 0 Å². The van der Waals surface area contributed by atoms with Crippen LogP contribution >= 0.6 is 11.3 Å². The van der Waals surface area contributed by atoms with E-state index in [1.165, 1.54) is 16.2 Å². The largest absolute Gasteiger partial charge is 0.379 e. The second kappa shape index (κ2) is 25.5. The zero-order chi connectivity index (χ0) is 47.1. The molecular weight excluding hydrogens is 819 g/mol. The number of thiazole rings is 1. The fraction of sp³-hybridized carbons (Fsp3) is 0.708. The Balaban J connectivity index is 1.81. The molecule has 3 N–H and O–H groups in total. The van der Waals surface area contributed by atoms with Crippen LogP contribution < -0.4 is 16.0 Å². The van der Waals surface area contributed by atoms with Gasteiger partial charge < -0.3 is 40.1 Å². The maximum atomic E-state index is 14.6. The lowest BCUT2D eigenvalue weighted by Crippen LogP contribution is -2.61. The zero-order valence-electron chi connectivity index (χ0n) is 40.6. The van der Waals surface area contributed by atoms with Gasteiger partial charge in [-0.1, -0.05) is 99.1 Å². The summed E-state index contributed by atoms with van der Waals surface area (Å²) in [5.41, 5.74) is 1.08. The Labute approximate surface area is 382 Å². The maximum Gasteiger partial charge on any atom is 0.245 e. The predicted octanol–water partition coefficient (Wildman–Crippen LogP) is 5.72. The molecule has 1 saturated heterocycles. The van der Waals surface area contributed by atoms with Crippen molar-refractivity contribution in [2.45, 2.75) is 149 Å². The molecule has 0 aliphatic carbocycles. The summed E-state index contributed by atoms with van der Waals surface area (Å²) in [6.45, 7) is 18.1. The Morgan fingerprint density at radius 2 is 1.56 bits per heavy atom. The SMILES string of the molecule is CC[C@H](C)[C@@H]([C@@H](CC(=O)N1CCC[C@H]1[C@H](OC)[C@@H](C)C(=O)N[C@@H](Cc1ccccc1)c1nccs1)OC)N(C)C(=O)[C@@H](NC(=O)[C@H](C(C)C)N(C)C(=O)[C@H](CC(C)C)NC)C(C)C. The first kappa shape index (κ1) is 53.4. The van der Waals surface area contributed by atoms with Gasteiger partial charge in [0.05, 0.1) is 48.7 Å². The molecule has 354 valence electrons. The van der Waals surface area contributed by atoms with Crippen molar-refractivity contribution in [1.82, 2.24) is 35.6 Å². The molecule has 1 aromatic heterocycles. The van der Waals surface area contributed by atoms with Crippen LogP contribution in [0.15, 0.2) is 41.9 Å². The molecule has 1 aromatic carbocycles. The molecule has 0 saturated carbocycles. The van der Waals surface area contributed by atoms with E-state index < -0.39 is 48.2 Å². The van der Waals surface area contributed by atoms with Crippen molar-refractivity contribution in [3.05, 3.63) is 52.5 Å². The molecule has 1 aliphatic rings. The monoisotopic (exact) mass is 898 g/mol. The van der Waals surface area contributed by atoms with Gasteiger partial charge in [-0.15, -0.1) is 11.3 Å². The van der Waals surface area contributed by atoms with Crippen molar-refractivity contribution in [3.63, 3.8) is 0 Å². The minimum absolute atomic E-state index is 0.00385. The van der Waals surface area contributed by atoms with E-state index >= 15 is 0 Å². The second-order valence-electron chi connectivity index (χ2n) is 18.5. The summed E-state index contributed by atoms with van der Waals surface area (Å²) in [4.78, 5) is 80.2. The Kier molecular flexibility index (Phi) is 21.7. The lowest BCUT2D eigenvalue weighted by molar-refractivity contribution is -0.149. The topological polar surface area (TPSA) is 163 Å². The Bertz CT molecular complexity index is 1730. The molecule has 0 bridgehead atoms. The number of benzene rings is 1. The van der Waals surface area contributed by atoms with Crippen LogP contribution in [-0.2, 0) is 39.9 Å². The van der Waals surface area contributed by atoms with Gasteiger partial charge >= 0.3 is 0 Å². The Morgan fingerprint density at radius 1 is 0.889 bits per heavy atom. The van der Waals surface area contributed by atoms with E-state index in [0.717, 1.165) is 17.0 Å². The molecule has 2 heterocycles. The van der Waals surface area contributed by atoms with Gasteiger partial charge in [0.1, 0.15) is 17.1 Å². The van der Waals surface area contributed by atoms with Crippen molar-refractivity contribution in [2.24, 2.45) is 29.6 Å². The predicted molar refractivity (Wildman–Crippen MR) is 250 cm³/mol. The third-order valence-electron chi connectivity index (χ3n) is 12.9. The van der Waals surface area contributed by atoms with E-state index in [1.807, 2.05) is 103 Å². The molecule has 0 radical (unpaired) electrons. The van der Waals surface area contributed by atoms with Crippen LogP contribution in [0.3, 0.4) is 0 Å². The molecule has 10 atom stereocenters. The van der Waals surface area contributed by atoms with Crippen LogP contribution in [0.25, 0.3) is 0 Å². The van der Waals surface area contributed by atoms with Crippen molar-refractivity contribution < 1.29 is 33.4 Å². The van der Waals surface area contributed by atoms with Crippen molar-refractivity contribution in [3.8, 4) is 0 Å². The number of likely N-dealkylation sites (tertiary alicyclic amines) is 1. The molecule has 15 heteroatoms. The molecule has 0 spiro atoms. The minimum atomic E-state index is -0.899. The summed E-state index contributed by atoms with van der Waals surface area (Å²) in [5, 5.41) is 12.1. The average molecular weight is 898 g/mol. The number of hydrogen-bond donors (Lipinski definition) is 3. The Hall–Kier alpha value is -3.92. The number of hydrogen-bond acceptors (Lipinski definition) is 10. The first-order chi connectivity index (χ1) is 29.8. The number of nitrogens with one attached hydrogen (secondary N) is 3. The van der Waals surface area contributed by atoms with E-state index in [1.54, 1.807) is 46.5 Å². The van der Waals surface area contributed by atoms with Gasteiger partial charge in [0.2, 0.25) is 29.5 Å². The molecule has 3 rings (SSSR count). The van der Waals surface area contributed by atoms with Gasteiger partial charge in [0, 0.05) is 46.4 Å². The highest BCUT2D eigenvalue weighted by atomic mass is 32.1. The fourth-order valence-electron chi connectivity index (χ4n) is 9.16. The maximum absolute atomic E-state index is 14.6. The van der Waals surface area contributed by atoms with Crippen molar-refractivity contribution >= 4 is 40.9 Å². The first-order valence-corrected chi connectivity index (χ1v) is 23.8. The number of likely N-dealkylation sites (N-methyl/N-ethyl adjacent to an activating group) is 3. The highest BCUT2D eigenvalue weighted by Crippen LogP contribution is 2.31. The summed E-state index contributed by atoms with van der Waals surface area (Å²) in [6.07, 6.45) is 3.85. The number of amides is 5. The molecular formula is C48H79N7O7S. The summed E-state index contributed by atoms with van der Waals surface area (Å²) in [7, 11) is 8.26. The van der Waals surface area contributed by atoms with Crippen molar-refractivity contribution in [2.75, 3.05) is 41.9 Å². The van der Waals surface area contributed by atoms with Crippen LogP contribution in [0, 0.1) is 29.6 Å². The van der Waals surface area contributed by atoms with Crippen LogP contribution in [-0.4, -0.2) is 134 Å². The molecule has 1 aliphatic heterocycles. The van der Waals surface area contributed by atoms with E-state index in [4.69, 9.17) is 9.47 Å². The standard InChI is InChI=1S/C48H79N7O7S/c1-15-32(8)42(54(12)48(60)40(30(4)5)52-45(58)41(31(6)7)53(11)47(59)36(49-10)26-29(2)3)38(61-13)28-39(56)55-24-19-22-37(55)43(62-14)33(9)44(57)51-35(46-50-23-25-63-46)27-34-20-17-16-18-21-34/h16-18,20-21,23,25,29-33,35-38,40-43,49H,15,19,22,24,26-28H2,1-14H3,(H,51,57)(H,52,58)/t32-,33+,35-,36-,37-,38+,40-,41-,42-,43+/m0/s1. The summed E-state index contributed by atoms with van der Waals surface area (Å²) < 4.78 is 12.2. The minimum Gasteiger partial charge on any atom is -0.379 e. The number of ether oxygens (including phenoxy) is 2. The molecule has 63 heavy (non-hydrogen) atoms. The normalized spacial score (nSPS) is 18.6.